The van der Waals surface area contributed by atoms with Crippen LogP contribution in [0.15, 0.2) is 35.2 Å². The number of carbonyl (C=O) groups is 2. The number of hydrogen-bond donors (Lipinski definition) is 3. The Labute approximate surface area is 169 Å². The number of rotatable bonds is 9. The molecule has 0 aliphatic carbocycles. The summed E-state index contributed by atoms with van der Waals surface area (Å²) in [6.45, 7) is 2.73. The number of carbonyl (C=O) groups excluding carboxylic acids is 2. The van der Waals surface area contributed by atoms with E-state index in [0.29, 0.717) is 11.8 Å². The lowest BCUT2D eigenvalue weighted by Crippen LogP contribution is -2.63. The van der Waals surface area contributed by atoms with Crippen LogP contribution < -0.4 is 5.32 Å². The average molecular weight is 458 g/mol. The second kappa shape index (κ2) is 9.94. The number of benzene rings is 1. The summed E-state index contributed by atoms with van der Waals surface area (Å²) in [6.07, 6.45) is -5.50. The zero-order valence-corrected chi connectivity index (χ0v) is 17.6. The van der Waals surface area contributed by atoms with Crippen molar-refractivity contribution in [2.24, 2.45) is 0 Å². The van der Waals surface area contributed by atoms with E-state index in [9.17, 15) is 37.1 Å². The van der Waals surface area contributed by atoms with Crippen LogP contribution in [0.3, 0.4) is 0 Å². The molecular weight excluding hydrogens is 436 g/mol. The van der Waals surface area contributed by atoms with E-state index in [4.69, 9.17) is 0 Å². The number of amides is 1. The summed E-state index contributed by atoms with van der Waals surface area (Å²) in [5.74, 6) is -3.84. The van der Waals surface area contributed by atoms with Gasteiger partial charge in [-0.3, -0.25) is 24.4 Å². The maximum Gasteiger partial charge on any atom is 0.471 e. The Balaban J connectivity index is 3.69. The van der Waals surface area contributed by atoms with E-state index in [1.807, 2.05) is 0 Å². The largest absolute Gasteiger partial charge is 0.471 e. The van der Waals surface area contributed by atoms with Gasteiger partial charge in [0.15, 0.2) is 0 Å². The highest BCUT2D eigenvalue weighted by molar-refractivity contribution is 8.06. The molecule has 0 aromatic heterocycles. The number of alkyl halides is 3. The molecule has 29 heavy (non-hydrogen) atoms. The Hall–Kier alpha value is -1.59. The standard InChI is InChI=1S/C16H22F3N2O6PS/c1-4-27-13(22)10-21(14(23)15(17,18)19)16(20-11(2)3,28(24,25)26)29-12-8-6-5-7-9-12/h5-9,11,20H,4,10H2,1-3H3,(H2,24,25,26). The van der Waals surface area contributed by atoms with Crippen LogP contribution in [0.5, 0.6) is 0 Å². The quantitative estimate of drug-likeness (QED) is 0.224. The molecule has 1 amide bonds. The minimum absolute atomic E-state index is 0.160. The third kappa shape index (κ3) is 6.71. The van der Waals surface area contributed by atoms with Gasteiger partial charge in [0.25, 0.3) is 4.74 Å². The predicted octanol–water partition coefficient (Wildman–Crippen LogP) is 2.52. The predicted molar refractivity (Wildman–Crippen MR) is 99.7 cm³/mol. The van der Waals surface area contributed by atoms with E-state index in [0.717, 1.165) is 0 Å². The highest BCUT2D eigenvalue weighted by atomic mass is 32.2. The minimum atomic E-state index is -5.53. The van der Waals surface area contributed by atoms with Crippen LogP contribution in [0.2, 0.25) is 0 Å². The van der Waals surface area contributed by atoms with Gasteiger partial charge in [0.2, 0.25) is 0 Å². The van der Waals surface area contributed by atoms with Crippen LogP contribution in [0.4, 0.5) is 13.2 Å². The van der Waals surface area contributed by atoms with E-state index in [2.05, 4.69) is 10.1 Å². The summed E-state index contributed by atoms with van der Waals surface area (Å²) in [5.41, 5.74) is 0. The molecule has 0 fully saturated rings. The van der Waals surface area contributed by atoms with Gasteiger partial charge in [-0.05, 0) is 32.9 Å². The molecule has 1 aromatic carbocycles. The first-order valence-electron chi connectivity index (χ1n) is 8.36. The number of thioether (sulfide) groups is 1. The Morgan fingerprint density at radius 3 is 2.21 bits per heavy atom. The third-order valence-electron chi connectivity index (χ3n) is 3.32. The van der Waals surface area contributed by atoms with Crippen molar-refractivity contribution in [2.75, 3.05) is 13.2 Å². The smallest absolute Gasteiger partial charge is 0.465 e. The topological polar surface area (TPSA) is 116 Å². The zero-order chi connectivity index (χ0) is 22.5. The fourth-order valence-corrected chi connectivity index (χ4v) is 5.17. The maximum atomic E-state index is 13.3. The molecule has 0 bridgehead atoms. The van der Waals surface area contributed by atoms with Gasteiger partial charge in [-0.15, -0.1) is 0 Å². The van der Waals surface area contributed by atoms with Crippen molar-refractivity contribution in [3.8, 4) is 0 Å². The lowest BCUT2D eigenvalue weighted by atomic mass is 10.4. The Bertz CT molecular complexity index is 759. The number of ether oxygens (including phenoxy) is 1. The van der Waals surface area contributed by atoms with Crippen molar-refractivity contribution in [2.45, 2.75) is 42.6 Å². The van der Waals surface area contributed by atoms with Crippen LogP contribution in [0.1, 0.15) is 20.8 Å². The van der Waals surface area contributed by atoms with Gasteiger partial charge in [0.05, 0.1) is 6.61 Å². The van der Waals surface area contributed by atoms with Gasteiger partial charge in [-0.2, -0.15) is 13.2 Å². The number of esters is 1. The van der Waals surface area contributed by atoms with E-state index in [-0.39, 0.29) is 16.4 Å². The molecule has 164 valence electrons. The minimum Gasteiger partial charge on any atom is -0.465 e. The monoisotopic (exact) mass is 458 g/mol. The molecule has 0 heterocycles. The molecule has 13 heteroatoms. The third-order valence-corrected chi connectivity index (χ3v) is 6.60. The van der Waals surface area contributed by atoms with E-state index < -0.39 is 43.0 Å². The highest BCUT2D eigenvalue weighted by Gasteiger charge is 2.60. The van der Waals surface area contributed by atoms with Crippen LogP contribution in [-0.4, -0.2) is 56.7 Å². The SMILES string of the molecule is CCOC(=O)CN(C(=O)C(F)(F)F)C(NC(C)C)(Sc1ccccc1)P(=O)(O)O. The van der Waals surface area contributed by atoms with Crippen LogP contribution in [-0.2, 0) is 18.9 Å². The summed E-state index contributed by atoms with van der Waals surface area (Å²) in [6, 6.07) is 6.63. The van der Waals surface area contributed by atoms with Crippen molar-refractivity contribution >= 4 is 31.2 Å². The molecule has 0 aliphatic heterocycles. The first kappa shape index (κ1) is 25.4. The Morgan fingerprint density at radius 2 is 1.79 bits per heavy atom. The molecule has 0 saturated heterocycles. The van der Waals surface area contributed by atoms with Gasteiger partial charge in [-0.1, -0.05) is 30.0 Å². The molecule has 1 aromatic rings. The molecule has 1 unspecified atom stereocenters. The lowest BCUT2D eigenvalue weighted by Gasteiger charge is -2.44. The lowest BCUT2D eigenvalue weighted by molar-refractivity contribution is -0.189. The summed E-state index contributed by atoms with van der Waals surface area (Å²) >= 11 is 0.307. The van der Waals surface area contributed by atoms with Crippen molar-refractivity contribution in [3.05, 3.63) is 30.3 Å². The summed E-state index contributed by atoms with van der Waals surface area (Å²) in [5, 5.41) is 2.38. The van der Waals surface area contributed by atoms with E-state index in [1.54, 1.807) is 6.07 Å². The highest BCUT2D eigenvalue weighted by Crippen LogP contribution is 2.59. The Kier molecular flexibility index (Phi) is 8.73. The number of hydrogen-bond acceptors (Lipinski definition) is 6. The summed E-state index contributed by atoms with van der Waals surface area (Å²) < 4.78 is 54.1. The van der Waals surface area contributed by atoms with Crippen molar-refractivity contribution in [3.63, 3.8) is 0 Å². The molecule has 8 nitrogen and oxygen atoms in total. The van der Waals surface area contributed by atoms with Crippen molar-refractivity contribution in [1.82, 2.24) is 10.2 Å². The zero-order valence-electron chi connectivity index (χ0n) is 15.8. The molecule has 0 aliphatic rings. The second-order valence-electron chi connectivity index (χ2n) is 6.06. The fourth-order valence-electron chi connectivity index (χ4n) is 2.30. The van der Waals surface area contributed by atoms with Crippen molar-refractivity contribution < 1.29 is 41.8 Å². The van der Waals surface area contributed by atoms with Crippen LogP contribution >= 0.6 is 19.4 Å². The van der Waals surface area contributed by atoms with Gasteiger partial charge < -0.3 is 14.5 Å². The second-order valence-corrected chi connectivity index (χ2v) is 9.36. The fraction of sp³-hybridized carbons (Fsp3) is 0.500. The first-order chi connectivity index (χ1) is 13.2. The van der Waals surface area contributed by atoms with E-state index >= 15 is 0 Å². The van der Waals surface area contributed by atoms with Crippen molar-refractivity contribution in [1.29, 1.82) is 0 Å². The van der Waals surface area contributed by atoms with Crippen LogP contribution in [0.25, 0.3) is 0 Å². The average Bonchev–Trinajstić information content (AvgIpc) is 2.57. The van der Waals surface area contributed by atoms with Gasteiger partial charge >= 0.3 is 25.6 Å². The number of nitrogens with zero attached hydrogens (tertiary/aromatic N) is 1. The number of halogens is 3. The normalized spacial score (nSPS) is 14.4. The van der Waals surface area contributed by atoms with E-state index in [1.165, 1.54) is 45.0 Å². The molecular formula is C16H22F3N2O6PS. The Morgan fingerprint density at radius 1 is 1.24 bits per heavy atom. The molecule has 3 N–H and O–H groups in total. The first-order valence-corrected chi connectivity index (χ1v) is 10.8. The van der Waals surface area contributed by atoms with Gasteiger partial charge in [0, 0.05) is 10.9 Å². The van der Waals surface area contributed by atoms with Gasteiger partial charge in [-0.25, -0.2) is 0 Å². The molecule has 1 rings (SSSR count). The molecule has 0 radical (unpaired) electrons. The molecule has 1 atom stereocenters. The van der Waals surface area contributed by atoms with Gasteiger partial charge in [0.1, 0.15) is 6.54 Å². The van der Waals surface area contributed by atoms with Crippen LogP contribution in [0, 0.1) is 0 Å². The number of nitrogens with one attached hydrogen (secondary N) is 1. The summed E-state index contributed by atoms with van der Waals surface area (Å²) in [4.78, 5) is 44.2. The summed E-state index contributed by atoms with van der Waals surface area (Å²) in [7, 11) is -5.53. The maximum absolute atomic E-state index is 13.3. The molecule has 0 saturated carbocycles. The molecule has 0 spiro atoms.